The van der Waals surface area contributed by atoms with Crippen LogP contribution in [-0.4, -0.2) is 73.6 Å². The first-order valence-corrected chi connectivity index (χ1v) is 46.5. The molecule has 0 unspecified atom stereocenters. The van der Waals surface area contributed by atoms with Gasteiger partial charge in [-0.15, -0.1) is 0 Å². The molecule has 9 aliphatic rings. The molecule has 1 aromatic carbocycles. The summed E-state index contributed by atoms with van der Waals surface area (Å²) < 4.78 is 0. The lowest BCUT2D eigenvalue weighted by molar-refractivity contribution is -0.154. The van der Waals surface area contributed by atoms with Crippen molar-refractivity contribution in [3.8, 4) is 0 Å². The van der Waals surface area contributed by atoms with Gasteiger partial charge >= 0.3 is 0 Å². The predicted molar refractivity (Wildman–Crippen MR) is 480 cm³/mol. The summed E-state index contributed by atoms with van der Waals surface area (Å²) in [5, 5.41) is 0. The summed E-state index contributed by atoms with van der Waals surface area (Å²) in [5.74, 6) is 14.6. The summed E-state index contributed by atoms with van der Waals surface area (Å²) in [6.45, 7) is 105. The second-order valence-corrected chi connectivity index (χ2v) is 53.7. The van der Waals surface area contributed by atoms with Crippen molar-refractivity contribution in [2.45, 2.75) is 424 Å². The van der Waals surface area contributed by atoms with Crippen molar-refractivity contribution in [2.24, 2.45) is 148 Å². The Balaban J connectivity index is 0.000000256. The maximum absolute atomic E-state index is 2.73. The quantitative estimate of drug-likeness (QED) is 0.121. The van der Waals surface area contributed by atoms with Gasteiger partial charge < -0.3 is 14.7 Å². The summed E-state index contributed by atoms with van der Waals surface area (Å²) in [7, 11) is 0. The lowest BCUT2D eigenvalue weighted by Gasteiger charge is -2.64. The molecule has 9 fully saturated rings. The Kier molecular flexibility index (Phi) is 34.3. The van der Waals surface area contributed by atoms with E-state index in [4.69, 9.17) is 0 Å². The highest BCUT2D eigenvalue weighted by molar-refractivity contribution is 5.51. The van der Waals surface area contributed by atoms with E-state index < -0.39 is 0 Å². The normalized spacial score (nSPS) is 28.2. The van der Waals surface area contributed by atoms with Crippen molar-refractivity contribution < 1.29 is 0 Å². The SMILES string of the molecule is CC(C)(C)CC1C2CC3CC1C(CC(C)(C)C)C(C3)C2CC(C)(C)C.CC(C)(C)CCC1C2CC3CC1C(CCC(C)(C)C)C(C3)C2CCC(C)(C)C.CC(C)(C)CCN1CCN(CCC(C)(C)C)CCN(CCC(C)(C)C)CC1.Cc1c(CCC(C)(C)C)c(C)c(CCC(C)(C)C)c(C)c1CCC(C)(C)C. The molecule has 0 aromatic heterocycles. The Hall–Kier alpha value is -0.900. The average Bonchev–Trinajstić information content (AvgIpc) is 0.750. The average molecular weight is 1490 g/mol. The minimum Gasteiger partial charge on any atom is -0.301 e. The van der Waals surface area contributed by atoms with Crippen molar-refractivity contribution in [2.75, 3.05) is 58.9 Å². The third-order valence-electron chi connectivity index (χ3n) is 28.3. The molecule has 3 heteroatoms. The van der Waals surface area contributed by atoms with Crippen LogP contribution in [0.1, 0.15) is 417 Å². The minimum atomic E-state index is 0.390. The van der Waals surface area contributed by atoms with Gasteiger partial charge in [0.25, 0.3) is 0 Å². The third kappa shape index (κ3) is 34.8. The van der Waals surface area contributed by atoms with E-state index in [1.165, 1.54) is 174 Å². The Morgan fingerprint density at radius 1 is 0.215 bits per heavy atom. The first-order valence-electron chi connectivity index (χ1n) is 46.5. The van der Waals surface area contributed by atoms with E-state index in [9.17, 15) is 0 Å². The van der Waals surface area contributed by atoms with Gasteiger partial charge in [-0.25, -0.2) is 0 Å². The van der Waals surface area contributed by atoms with E-state index in [0.29, 0.717) is 65.0 Å². The van der Waals surface area contributed by atoms with E-state index in [1.807, 2.05) is 0 Å². The van der Waals surface area contributed by atoms with Crippen molar-refractivity contribution in [3.63, 3.8) is 0 Å². The molecule has 1 aliphatic heterocycles. The van der Waals surface area contributed by atoms with Crippen LogP contribution in [-0.2, 0) is 19.3 Å². The topological polar surface area (TPSA) is 9.72 Å². The highest BCUT2D eigenvalue weighted by atomic mass is 15.3. The summed E-state index contributed by atoms with van der Waals surface area (Å²) in [5.41, 5.74) is 15.1. The van der Waals surface area contributed by atoms with E-state index >= 15 is 0 Å². The fraction of sp³-hybridized carbons (Fsp3) is 0.942. The van der Waals surface area contributed by atoms with Gasteiger partial charge in [0.15, 0.2) is 0 Å². The largest absolute Gasteiger partial charge is 0.301 e. The lowest BCUT2D eigenvalue weighted by atomic mass is 9.41. The van der Waals surface area contributed by atoms with Crippen molar-refractivity contribution in [1.82, 2.24) is 14.7 Å². The summed E-state index contributed by atoms with van der Waals surface area (Å²) in [4.78, 5) is 8.18. The zero-order valence-electron chi connectivity index (χ0n) is 80.8. The number of nitrogens with zero attached hydrogens (tertiary/aromatic N) is 3. The van der Waals surface area contributed by atoms with Crippen molar-refractivity contribution in [1.29, 1.82) is 0 Å². The van der Waals surface area contributed by atoms with Crippen LogP contribution in [0, 0.1) is 169 Å². The molecule has 0 N–H and O–H groups in total. The highest BCUT2D eigenvalue weighted by Crippen LogP contribution is 2.68. The second kappa shape index (κ2) is 38.0. The molecule has 8 saturated carbocycles. The number of hydrogen-bond donors (Lipinski definition) is 0. The van der Waals surface area contributed by atoms with E-state index in [0.717, 1.165) is 82.9 Å². The maximum Gasteiger partial charge on any atom is 0.0110 e. The minimum absolute atomic E-state index is 0.390. The van der Waals surface area contributed by atoms with Crippen molar-refractivity contribution in [3.05, 3.63) is 33.4 Å². The predicted octanol–water partition coefficient (Wildman–Crippen LogP) is 30.6. The van der Waals surface area contributed by atoms with Crippen LogP contribution in [0.5, 0.6) is 0 Å². The van der Waals surface area contributed by atoms with Gasteiger partial charge in [0.2, 0.25) is 0 Å². The first-order chi connectivity index (χ1) is 48.2. The summed E-state index contributed by atoms with van der Waals surface area (Å²) in [6, 6.07) is 0. The molecule has 0 spiro atoms. The lowest BCUT2D eigenvalue weighted by Crippen LogP contribution is -2.57. The molecule has 8 aliphatic carbocycles. The van der Waals surface area contributed by atoms with E-state index in [-0.39, 0.29) is 0 Å². The van der Waals surface area contributed by atoms with Gasteiger partial charge in [0.05, 0.1) is 0 Å². The molecule has 10 rings (SSSR count). The van der Waals surface area contributed by atoms with Crippen LogP contribution < -0.4 is 0 Å². The van der Waals surface area contributed by atoms with Crippen LogP contribution in [0.3, 0.4) is 0 Å². The molecule has 1 saturated heterocycles. The van der Waals surface area contributed by atoms with Crippen LogP contribution in [0.4, 0.5) is 0 Å². The molecule has 0 amide bonds. The van der Waals surface area contributed by atoms with Gasteiger partial charge in [-0.3, -0.25) is 0 Å². The molecule has 628 valence electrons. The second-order valence-electron chi connectivity index (χ2n) is 53.7. The van der Waals surface area contributed by atoms with Crippen LogP contribution in [0.15, 0.2) is 0 Å². The fourth-order valence-corrected chi connectivity index (χ4v) is 22.3. The number of rotatable bonds is 21. The number of hydrogen-bond acceptors (Lipinski definition) is 3. The highest BCUT2D eigenvalue weighted by Gasteiger charge is 2.60. The standard InChI is InChI=1S/C28H52.C27H48.C25H46.C24H51N3/c1-26(2,3)13-10-20-23-16-19-17-24(20)22(12-15-28(7,8)9)25(18-19)21(23)11-14-27(4,5)6;1-19-22(13-16-25(4,5)6)20(2)24(15-18-27(10,11)12)21(3)23(19)14-17-26(7,8)9;1-23(2,3)13-20-17-10-16-11-18(20)22(15-25(7,8)9)19(12-16)21(17)14-24(4,5)6;1-22(2,3)10-13-25-16-18-26(14-11-23(4,5)6)20-21-27(19-17-25)15-12-24(7,8)9/h19-25H,10-18H2,1-9H3;13-18H2,1-12H3;16-22H,10-15H2,1-9H3;10-21H2,1-9H3. The summed E-state index contributed by atoms with van der Waals surface area (Å²) >= 11 is 0. The molecule has 107 heavy (non-hydrogen) atoms. The van der Waals surface area contributed by atoms with Crippen molar-refractivity contribution >= 4 is 0 Å². The molecule has 3 nitrogen and oxygen atoms in total. The molecule has 1 heterocycles. The molecular weight excluding hydrogens is 1290 g/mol. The zero-order valence-corrected chi connectivity index (χ0v) is 80.8. The van der Waals surface area contributed by atoms with Gasteiger partial charge in [-0.1, -0.05) is 249 Å². The van der Waals surface area contributed by atoms with Gasteiger partial charge in [-0.05, 0) is 376 Å². The fourth-order valence-electron chi connectivity index (χ4n) is 22.3. The third-order valence-corrected chi connectivity index (χ3v) is 28.3. The first kappa shape index (κ1) is 96.7. The number of benzene rings is 1. The van der Waals surface area contributed by atoms with Gasteiger partial charge in [0.1, 0.15) is 0 Å². The molecule has 8 bridgehead atoms. The molecular formula is C104H197N3. The van der Waals surface area contributed by atoms with E-state index in [2.05, 4.69) is 285 Å². The zero-order chi connectivity index (χ0) is 81.6. The van der Waals surface area contributed by atoms with Gasteiger partial charge in [0, 0.05) is 39.3 Å². The van der Waals surface area contributed by atoms with Crippen LogP contribution in [0.2, 0.25) is 0 Å². The Morgan fingerprint density at radius 3 is 0.542 bits per heavy atom. The Bertz CT molecular complexity index is 2400. The van der Waals surface area contributed by atoms with Crippen LogP contribution >= 0.6 is 0 Å². The molecule has 1 aromatic rings. The monoisotopic (exact) mass is 1490 g/mol. The Morgan fingerprint density at radius 2 is 0.383 bits per heavy atom. The Labute approximate surface area is 674 Å². The summed E-state index contributed by atoms with van der Waals surface area (Å²) in [6.07, 6.45) is 33.9. The smallest absolute Gasteiger partial charge is 0.0110 e. The van der Waals surface area contributed by atoms with E-state index in [1.54, 1.807) is 71.9 Å². The van der Waals surface area contributed by atoms with Gasteiger partial charge in [-0.2, -0.15) is 0 Å². The van der Waals surface area contributed by atoms with Crippen LogP contribution in [0.25, 0.3) is 0 Å². The molecule has 0 atom stereocenters. The maximum atomic E-state index is 2.73. The molecule has 0 radical (unpaired) electrons.